The Kier molecular flexibility index (Phi) is 4.22. The van der Waals surface area contributed by atoms with Gasteiger partial charge >= 0.3 is 0 Å². The Labute approximate surface area is 127 Å². The van der Waals surface area contributed by atoms with Gasteiger partial charge in [-0.05, 0) is 47.9 Å². The van der Waals surface area contributed by atoms with Crippen LogP contribution in [0.25, 0.3) is 0 Å². The van der Waals surface area contributed by atoms with Crippen LogP contribution in [0.15, 0.2) is 41.1 Å². The summed E-state index contributed by atoms with van der Waals surface area (Å²) in [5.41, 5.74) is 1.18. The molecule has 2 atom stereocenters. The molecule has 1 N–H and O–H groups in total. The summed E-state index contributed by atoms with van der Waals surface area (Å²) in [6.45, 7) is 1.14. The molecular formula is C15H15ClN2O3. The summed E-state index contributed by atoms with van der Waals surface area (Å²) >= 11 is 5.68. The summed E-state index contributed by atoms with van der Waals surface area (Å²) in [6.07, 6.45) is 4.37. The van der Waals surface area contributed by atoms with E-state index in [4.69, 9.17) is 20.8 Å². The Morgan fingerprint density at radius 3 is 2.81 bits per heavy atom. The van der Waals surface area contributed by atoms with Crippen LogP contribution in [0.3, 0.4) is 0 Å². The first-order valence-corrected chi connectivity index (χ1v) is 7.13. The number of pyridine rings is 1. The van der Waals surface area contributed by atoms with Crippen molar-refractivity contribution in [1.29, 1.82) is 0 Å². The maximum Gasteiger partial charge on any atom is 0.287 e. The van der Waals surface area contributed by atoms with Crippen molar-refractivity contribution in [2.75, 3.05) is 13.2 Å². The Morgan fingerprint density at radius 1 is 1.29 bits per heavy atom. The maximum absolute atomic E-state index is 12.1. The average molecular weight is 307 g/mol. The van der Waals surface area contributed by atoms with E-state index in [9.17, 15) is 4.79 Å². The Hall–Kier alpha value is -1.85. The number of carbonyl (C=O) groups excluding carboxylic acids is 1. The molecule has 0 aromatic carbocycles. The molecular weight excluding hydrogens is 292 g/mol. The van der Waals surface area contributed by atoms with Gasteiger partial charge in [0.25, 0.3) is 5.91 Å². The third-order valence-electron chi connectivity index (χ3n) is 3.56. The second kappa shape index (κ2) is 6.28. The first kappa shape index (κ1) is 14.1. The van der Waals surface area contributed by atoms with Gasteiger partial charge in [0, 0.05) is 18.3 Å². The number of halogens is 1. The molecule has 2 aromatic heterocycles. The first-order chi connectivity index (χ1) is 10.2. The lowest BCUT2D eigenvalue weighted by Gasteiger charge is -2.18. The number of ether oxygens (including phenoxy) is 1. The minimum absolute atomic E-state index is 0.0328. The van der Waals surface area contributed by atoms with E-state index in [1.54, 1.807) is 24.5 Å². The molecule has 1 amide bonds. The minimum atomic E-state index is -0.267. The van der Waals surface area contributed by atoms with Crippen LogP contribution in [-0.2, 0) is 11.2 Å². The zero-order valence-corrected chi connectivity index (χ0v) is 12.0. The molecule has 0 saturated carbocycles. The second-order valence-electron chi connectivity index (χ2n) is 5.04. The molecule has 0 aliphatic carbocycles. The van der Waals surface area contributed by atoms with Crippen LogP contribution in [0, 0.1) is 5.92 Å². The molecule has 1 saturated heterocycles. The van der Waals surface area contributed by atoms with Crippen LogP contribution in [0.1, 0.15) is 16.1 Å². The first-order valence-electron chi connectivity index (χ1n) is 6.75. The summed E-state index contributed by atoms with van der Waals surface area (Å²) in [7, 11) is 0. The molecule has 1 fully saturated rings. The van der Waals surface area contributed by atoms with Gasteiger partial charge in [-0.15, -0.1) is 0 Å². The predicted molar refractivity (Wildman–Crippen MR) is 77.2 cm³/mol. The lowest BCUT2D eigenvalue weighted by atomic mass is 9.95. The topological polar surface area (TPSA) is 64.4 Å². The molecule has 0 spiro atoms. The van der Waals surface area contributed by atoms with Crippen molar-refractivity contribution in [2.45, 2.75) is 12.5 Å². The lowest BCUT2D eigenvalue weighted by Crippen LogP contribution is -2.40. The summed E-state index contributed by atoms with van der Waals surface area (Å²) in [5.74, 6) is 0.188. The standard InChI is InChI=1S/C15H15ClN2O3/c16-14-2-1-13(21-14)15(19)18-12-9-20-8-11(12)7-10-3-5-17-6-4-10/h1-6,11-12H,7-9H2,(H,18,19)/t11-,12+/m1/s1. The number of rotatable bonds is 4. The quantitative estimate of drug-likeness (QED) is 0.941. The van der Waals surface area contributed by atoms with E-state index < -0.39 is 0 Å². The van der Waals surface area contributed by atoms with E-state index in [0.717, 1.165) is 6.42 Å². The number of hydrogen-bond donors (Lipinski definition) is 1. The molecule has 0 bridgehead atoms. The minimum Gasteiger partial charge on any atom is -0.440 e. The third kappa shape index (κ3) is 3.43. The Balaban J connectivity index is 1.63. The van der Waals surface area contributed by atoms with Gasteiger partial charge in [0.2, 0.25) is 0 Å². The van der Waals surface area contributed by atoms with E-state index in [1.165, 1.54) is 5.56 Å². The summed E-state index contributed by atoms with van der Waals surface area (Å²) in [4.78, 5) is 16.1. The van der Waals surface area contributed by atoms with Gasteiger partial charge in [0.15, 0.2) is 11.0 Å². The summed E-state index contributed by atoms with van der Waals surface area (Å²) < 4.78 is 10.6. The molecule has 1 aliphatic rings. The van der Waals surface area contributed by atoms with Gasteiger partial charge in [0.1, 0.15) is 0 Å². The van der Waals surface area contributed by atoms with E-state index >= 15 is 0 Å². The second-order valence-corrected chi connectivity index (χ2v) is 5.41. The number of nitrogens with zero attached hydrogens (tertiary/aromatic N) is 1. The monoisotopic (exact) mass is 306 g/mol. The molecule has 3 rings (SSSR count). The number of furan rings is 1. The van der Waals surface area contributed by atoms with Gasteiger partial charge in [-0.2, -0.15) is 0 Å². The fraction of sp³-hybridized carbons (Fsp3) is 0.333. The molecule has 6 heteroatoms. The Bertz CT molecular complexity index is 614. The predicted octanol–water partition coefficient (Wildman–Crippen LogP) is 2.32. The average Bonchev–Trinajstić information content (AvgIpc) is 3.10. The largest absolute Gasteiger partial charge is 0.440 e. The molecule has 2 aromatic rings. The number of amides is 1. The van der Waals surface area contributed by atoms with Gasteiger partial charge in [-0.1, -0.05) is 0 Å². The molecule has 3 heterocycles. The molecule has 5 nitrogen and oxygen atoms in total. The van der Waals surface area contributed by atoms with Crippen LogP contribution in [0.2, 0.25) is 5.22 Å². The number of carbonyl (C=O) groups is 1. The molecule has 0 radical (unpaired) electrons. The van der Waals surface area contributed by atoms with Crippen LogP contribution < -0.4 is 5.32 Å². The third-order valence-corrected chi connectivity index (χ3v) is 3.76. The summed E-state index contributed by atoms with van der Waals surface area (Å²) in [5, 5.41) is 3.15. The zero-order valence-electron chi connectivity index (χ0n) is 11.3. The Morgan fingerprint density at radius 2 is 2.10 bits per heavy atom. The molecule has 21 heavy (non-hydrogen) atoms. The van der Waals surface area contributed by atoms with Crippen molar-refractivity contribution in [3.05, 3.63) is 53.2 Å². The maximum atomic E-state index is 12.1. The summed E-state index contributed by atoms with van der Waals surface area (Å²) in [6, 6.07) is 7.03. The fourth-order valence-electron chi connectivity index (χ4n) is 2.46. The fourth-order valence-corrected chi connectivity index (χ4v) is 2.60. The normalized spacial score (nSPS) is 21.4. The molecule has 1 aliphatic heterocycles. The van der Waals surface area contributed by atoms with Crippen LogP contribution in [0.5, 0.6) is 0 Å². The van der Waals surface area contributed by atoms with Crippen molar-refractivity contribution in [2.24, 2.45) is 5.92 Å². The van der Waals surface area contributed by atoms with Crippen molar-refractivity contribution in [3.63, 3.8) is 0 Å². The molecule has 110 valence electrons. The van der Waals surface area contributed by atoms with Crippen molar-refractivity contribution < 1.29 is 13.9 Å². The van der Waals surface area contributed by atoms with Crippen molar-refractivity contribution in [3.8, 4) is 0 Å². The van der Waals surface area contributed by atoms with Gasteiger partial charge in [-0.3, -0.25) is 9.78 Å². The van der Waals surface area contributed by atoms with Crippen molar-refractivity contribution in [1.82, 2.24) is 10.3 Å². The van der Waals surface area contributed by atoms with Crippen LogP contribution >= 0.6 is 11.6 Å². The van der Waals surface area contributed by atoms with E-state index in [0.29, 0.717) is 13.2 Å². The van der Waals surface area contributed by atoms with E-state index in [1.807, 2.05) is 12.1 Å². The van der Waals surface area contributed by atoms with Crippen molar-refractivity contribution >= 4 is 17.5 Å². The van der Waals surface area contributed by atoms with Gasteiger partial charge in [-0.25, -0.2) is 0 Å². The highest BCUT2D eigenvalue weighted by Gasteiger charge is 2.30. The SMILES string of the molecule is O=C(N[C@H]1COC[C@H]1Cc1ccncc1)c1ccc(Cl)o1. The molecule has 0 unspecified atom stereocenters. The smallest absolute Gasteiger partial charge is 0.287 e. The highest BCUT2D eigenvalue weighted by Crippen LogP contribution is 2.20. The van der Waals surface area contributed by atoms with Crippen LogP contribution in [-0.4, -0.2) is 30.1 Å². The van der Waals surface area contributed by atoms with E-state index in [-0.39, 0.29) is 28.8 Å². The zero-order chi connectivity index (χ0) is 14.7. The van der Waals surface area contributed by atoms with Gasteiger partial charge in [0.05, 0.1) is 19.3 Å². The number of nitrogens with one attached hydrogen (secondary N) is 1. The highest BCUT2D eigenvalue weighted by molar-refractivity contribution is 6.29. The van der Waals surface area contributed by atoms with Gasteiger partial charge < -0.3 is 14.5 Å². The van der Waals surface area contributed by atoms with E-state index in [2.05, 4.69) is 10.3 Å². The highest BCUT2D eigenvalue weighted by atomic mass is 35.5. The number of aromatic nitrogens is 1. The van der Waals surface area contributed by atoms with Crippen LogP contribution in [0.4, 0.5) is 0 Å². The number of hydrogen-bond acceptors (Lipinski definition) is 4. The lowest BCUT2D eigenvalue weighted by molar-refractivity contribution is 0.0897.